The first-order valence-corrected chi connectivity index (χ1v) is 7.04. The summed E-state index contributed by atoms with van der Waals surface area (Å²) in [5.41, 5.74) is 4.89. The molecule has 5 heteroatoms. The number of benzene rings is 1. The van der Waals surface area contributed by atoms with Crippen molar-refractivity contribution in [1.82, 2.24) is 9.97 Å². The lowest BCUT2D eigenvalue weighted by atomic mass is 10.0. The molecule has 5 nitrogen and oxygen atoms in total. The van der Waals surface area contributed by atoms with E-state index in [9.17, 15) is 0 Å². The Morgan fingerprint density at radius 2 is 1.86 bits per heavy atom. The fourth-order valence-electron chi connectivity index (χ4n) is 2.23. The van der Waals surface area contributed by atoms with Crippen molar-refractivity contribution in [2.24, 2.45) is 5.84 Å². The predicted octanol–water partition coefficient (Wildman–Crippen LogP) is 3.01. The second kappa shape index (κ2) is 6.20. The summed E-state index contributed by atoms with van der Waals surface area (Å²) >= 11 is 0. The summed E-state index contributed by atoms with van der Waals surface area (Å²) in [7, 11) is 0. The molecule has 0 fully saturated rings. The summed E-state index contributed by atoms with van der Waals surface area (Å²) in [6.45, 7) is 8.41. The van der Waals surface area contributed by atoms with Gasteiger partial charge in [-0.05, 0) is 27.7 Å². The largest absolute Gasteiger partial charge is 0.368 e. The van der Waals surface area contributed by atoms with Crippen LogP contribution in [0.4, 0.5) is 5.82 Å². The molecule has 0 unspecified atom stereocenters. The van der Waals surface area contributed by atoms with Gasteiger partial charge in [-0.2, -0.15) is 0 Å². The zero-order valence-electron chi connectivity index (χ0n) is 13.0. The van der Waals surface area contributed by atoms with Gasteiger partial charge < -0.3 is 10.2 Å². The van der Waals surface area contributed by atoms with Crippen LogP contribution in [-0.2, 0) is 10.3 Å². The van der Waals surface area contributed by atoms with Crippen molar-refractivity contribution in [3.63, 3.8) is 0 Å². The molecule has 0 aliphatic rings. The highest BCUT2D eigenvalue weighted by Crippen LogP contribution is 2.29. The third kappa shape index (κ3) is 3.20. The molecule has 2 rings (SSSR count). The molecule has 0 radical (unpaired) electrons. The zero-order valence-corrected chi connectivity index (χ0v) is 13.0. The van der Waals surface area contributed by atoms with Crippen molar-refractivity contribution in [3.05, 3.63) is 41.7 Å². The van der Waals surface area contributed by atoms with E-state index >= 15 is 0 Å². The molecule has 0 saturated heterocycles. The number of nitrogens with one attached hydrogen (secondary N) is 1. The van der Waals surface area contributed by atoms with Crippen LogP contribution in [0.3, 0.4) is 0 Å². The molecule has 0 aliphatic carbocycles. The minimum Gasteiger partial charge on any atom is -0.368 e. The topological polar surface area (TPSA) is 73.1 Å². The fourth-order valence-corrected chi connectivity index (χ4v) is 2.23. The Morgan fingerprint density at radius 3 is 2.43 bits per heavy atom. The number of hydrazine groups is 1. The van der Waals surface area contributed by atoms with Gasteiger partial charge in [0.1, 0.15) is 11.4 Å². The Bertz CT molecular complexity index is 611. The maximum atomic E-state index is 5.75. The van der Waals surface area contributed by atoms with Crippen LogP contribution in [0, 0.1) is 6.92 Å². The van der Waals surface area contributed by atoms with E-state index in [0.29, 0.717) is 18.2 Å². The van der Waals surface area contributed by atoms with Crippen LogP contribution in [0.15, 0.2) is 30.3 Å². The predicted molar refractivity (Wildman–Crippen MR) is 84.7 cm³/mol. The van der Waals surface area contributed by atoms with E-state index in [4.69, 9.17) is 15.6 Å². The SMILES string of the molecule is CCOC(C)(C)c1nc(NN)c(C)c(-c2ccccc2)n1. The molecule has 1 aromatic heterocycles. The normalized spacial score (nSPS) is 11.5. The van der Waals surface area contributed by atoms with Crippen molar-refractivity contribution in [2.45, 2.75) is 33.3 Å². The molecular formula is C16H22N4O. The van der Waals surface area contributed by atoms with Crippen molar-refractivity contribution in [1.29, 1.82) is 0 Å². The zero-order chi connectivity index (χ0) is 15.5. The van der Waals surface area contributed by atoms with E-state index in [-0.39, 0.29) is 0 Å². The standard InChI is InChI=1S/C16H22N4O/c1-5-21-16(3,4)15-18-13(11(2)14(19-15)20-17)12-9-7-6-8-10-12/h6-10H,5,17H2,1-4H3,(H,18,19,20). The number of nitrogens with zero attached hydrogens (tertiary/aromatic N) is 2. The maximum absolute atomic E-state index is 5.75. The molecule has 112 valence electrons. The van der Waals surface area contributed by atoms with E-state index in [0.717, 1.165) is 16.8 Å². The Labute approximate surface area is 125 Å². The Kier molecular flexibility index (Phi) is 4.55. The molecule has 1 aromatic carbocycles. The third-order valence-electron chi connectivity index (χ3n) is 3.37. The van der Waals surface area contributed by atoms with Crippen molar-refractivity contribution >= 4 is 5.82 Å². The molecule has 21 heavy (non-hydrogen) atoms. The molecule has 0 amide bonds. The molecule has 1 heterocycles. The third-order valence-corrected chi connectivity index (χ3v) is 3.37. The Morgan fingerprint density at radius 1 is 1.19 bits per heavy atom. The van der Waals surface area contributed by atoms with E-state index in [2.05, 4.69) is 10.4 Å². The van der Waals surface area contributed by atoms with Gasteiger partial charge in [-0.1, -0.05) is 30.3 Å². The Balaban J connectivity index is 2.60. The molecule has 0 spiro atoms. The molecular weight excluding hydrogens is 264 g/mol. The second-order valence-corrected chi connectivity index (χ2v) is 5.32. The van der Waals surface area contributed by atoms with E-state index in [1.54, 1.807) is 0 Å². The summed E-state index contributed by atoms with van der Waals surface area (Å²) in [4.78, 5) is 9.20. The summed E-state index contributed by atoms with van der Waals surface area (Å²) in [5, 5.41) is 0. The summed E-state index contributed by atoms with van der Waals surface area (Å²) < 4.78 is 5.75. The summed E-state index contributed by atoms with van der Waals surface area (Å²) in [6, 6.07) is 9.99. The maximum Gasteiger partial charge on any atom is 0.162 e. The number of anilines is 1. The molecule has 2 aromatic rings. The first-order valence-electron chi connectivity index (χ1n) is 7.04. The average molecular weight is 286 g/mol. The first kappa shape index (κ1) is 15.4. The van der Waals surface area contributed by atoms with Gasteiger partial charge in [0.25, 0.3) is 0 Å². The number of aromatic nitrogens is 2. The van der Waals surface area contributed by atoms with Crippen LogP contribution >= 0.6 is 0 Å². The van der Waals surface area contributed by atoms with Gasteiger partial charge >= 0.3 is 0 Å². The van der Waals surface area contributed by atoms with Crippen LogP contribution in [0.25, 0.3) is 11.3 Å². The number of hydrogen-bond acceptors (Lipinski definition) is 5. The minimum absolute atomic E-state index is 0.572. The van der Waals surface area contributed by atoms with Crippen LogP contribution in [0.2, 0.25) is 0 Å². The highest BCUT2D eigenvalue weighted by atomic mass is 16.5. The number of ether oxygens (including phenoxy) is 1. The number of rotatable bonds is 5. The molecule has 3 N–H and O–H groups in total. The van der Waals surface area contributed by atoms with Crippen molar-refractivity contribution < 1.29 is 4.74 Å². The fraction of sp³-hybridized carbons (Fsp3) is 0.375. The number of nitrogens with two attached hydrogens (primary N) is 1. The molecule has 0 saturated carbocycles. The lowest BCUT2D eigenvalue weighted by Crippen LogP contribution is -2.26. The van der Waals surface area contributed by atoms with E-state index < -0.39 is 5.60 Å². The van der Waals surface area contributed by atoms with Gasteiger partial charge in [0.2, 0.25) is 0 Å². The van der Waals surface area contributed by atoms with Crippen LogP contribution in [-0.4, -0.2) is 16.6 Å². The summed E-state index contributed by atoms with van der Waals surface area (Å²) in [6.07, 6.45) is 0. The lowest BCUT2D eigenvalue weighted by molar-refractivity contribution is -0.0206. The van der Waals surface area contributed by atoms with Gasteiger partial charge in [-0.3, -0.25) is 0 Å². The lowest BCUT2D eigenvalue weighted by Gasteiger charge is -2.24. The van der Waals surface area contributed by atoms with E-state index in [1.165, 1.54) is 0 Å². The van der Waals surface area contributed by atoms with Gasteiger partial charge in [0, 0.05) is 17.7 Å². The van der Waals surface area contributed by atoms with Gasteiger partial charge in [0.05, 0.1) is 5.69 Å². The summed E-state index contributed by atoms with van der Waals surface area (Å²) in [5.74, 6) is 6.83. The minimum atomic E-state index is -0.572. The molecule has 0 bridgehead atoms. The van der Waals surface area contributed by atoms with Gasteiger partial charge in [-0.15, -0.1) is 0 Å². The van der Waals surface area contributed by atoms with Gasteiger partial charge in [-0.25, -0.2) is 15.8 Å². The van der Waals surface area contributed by atoms with Gasteiger partial charge in [0.15, 0.2) is 5.82 Å². The number of nitrogen functional groups attached to an aromatic ring is 1. The number of hydrogen-bond donors (Lipinski definition) is 2. The quantitative estimate of drug-likeness (QED) is 0.653. The first-order chi connectivity index (χ1) is 9.99. The second-order valence-electron chi connectivity index (χ2n) is 5.32. The molecule has 0 atom stereocenters. The van der Waals surface area contributed by atoms with Crippen LogP contribution < -0.4 is 11.3 Å². The smallest absolute Gasteiger partial charge is 0.162 e. The van der Waals surface area contributed by atoms with Crippen molar-refractivity contribution in [3.8, 4) is 11.3 Å². The highest BCUT2D eigenvalue weighted by Gasteiger charge is 2.26. The average Bonchev–Trinajstić information content (AvgIpc) is 2.48. The molecule has 0 aliphatic heterocycles. The van der Waals surface area contributed by atoms with E-state index in [1.807, 2.05) is 58.0 Å². The highest BCUT2D eigenvalue weighted by molar-refractivity contribution is 5.68. The van der Waals surface area contributed by atoms with Crippen LogP contribution in [0.1, 0.15) is 32.2 Å². The Hall–Kier alpha value is -1.98. The monoisotopic (exact) mass is 286 g/mol. The van der Waals surface area contributed by atoms with Crippen LogP contribution in [0.5, 0.6) is 0 Å². The van der Waals surface area contributed by atoms with Crippen molar-refractivity contribution in [2.75, 3.05) is 12.0 Å².